The van der Waals surface area contributed by atoms with Gasteiger partial charge in [-0.1, -0.05) is 12.1 Å². The van der Waals surface area contributed by atoms with Crippen LogP contribution in [0.25, 0.3) is 16.5 Å². The molecule has 0 radical (unpaired) electrons. The highest BCUT2D eigenvalue weighted by Gasteiger charge is 2.25. The van der Waals surface area contributed by atoms with Crippen LogP contribution in [0.4, 0.5) is 4.79 Å². The van der Waals surface area contributed by atoms with Gasteiger partial charge in [0.1, 0.15) is 0 Å². The first-order valence-corrected chi connectivity index (χ1v) is 7.84. The van der Waals surface area contributed by atoms with Crippen molar-refractivity contribution in [2.45, 2.75) is 0 Å². The summed E-state index contributed by atoms with van der Waals surface area (Å²) in [5, 5.41) is 10.8. The predicted molar refractivity (Wildman–Crippen MR) is 85.8 cm³/mol. The van der Waals surface area contributed by atoms with E-state index in [9.17, 15) is 14.4 Å². The van der Waals surface area contributed by atoms with E-state index < -0.39 is 11.9 Å². The van der Waals surface area contributed by atoms with Gasteiger partial charge in [-0.15, -0.1) is 11.3 Å². The Bertz CT molecular complexity index is 822. The number of nitrogens with one attached hydrogen (secondary N) is 1. The second kappa shape index (κ2) is 5.78. The average molecular weight is 331 g/mol. The van der Waals surface area contributed by atoms with E-state index in [4.69, 9.17) is 5.11 Å². The van der Waals surface area contributed by atoms with Crippen molar-refractivity contribution in [3.8, 4) is 10.4 Å². The van der Waals surface area contributed by atoms with Crippen molar-refractivity contribution in [2.24, 2.45) is 0 Å². The molecule has 2 aromatic rings. The molecule has 5 nitrogen and oxygen atoms in total. The summed E-state index contributed by atoms with van der Waals surface area (Å²) >= 11 is 2.29. The lowest BCUT2D eigenvalue weighted by molar-refractivity contribution is -0.115. The van der Waals surface area contributed by atoms with Gasteiger partial charge in [-0.3, -0.25) is 14.9 Å². The molecular formula is C15H9NO4S2. The van der Waals surface area contributed by atoms with Gasteiger partial charge in [0.25, 0.3) is 11.1 Å². The van der Waals surface area contributed by atoms with Gasteiger partial charge in [0.2, 0.25) is 0 Å². The maximum atomic E-state index is 11.5. The number of rotatable bonds is 3. The smallest absolute Gasteiger partial charge is 0.335 e. The largest absolute Gasteiger partial charge is 0.478 e. The van der Waals surface area contributed by atoms with Crippen molar-refractivity contribution >= 4 is 46.3 Å². The second-order valence-electron chi connectivity index (χ2n) is 4.44. The van der Waals surface area contributed by atoms with E-state index in [1.165, 1.54) is 17.4 Å². The topological polar surface area (TPSA) is 83.5 Å². The molecule has 7 heteroatoms. The van der Waals surface area contributed by atoms with Crippen LogP contribution in [0.5, 0.6) is 0 Å². The average Bonchev–Trinajstić information content (AvgIpc) is 3.06. The molecule has 0 atom stereocenters. The molecule has 22 heavy (non-hydrogen) atoms. The lowest BCUT2D eigenvalue weighted by atomic mass is 10.1. The Balaban J connectivity index is 1.90. The Labute approximate surface area is 133 Å². The lowest BCUT2D eigenvalue weighted by Gasteiger charge is -1.99. The number of thiophene rings is 1. The minimum Gasteiger partial charge on any atom is -0.478 e. The van der Waals surface area contributed by atoms with Crippen molar-refractivity contribution in [3.05, 3.63) is 51.7 Å². The Morgan fingerprint density at radius 1 is 1.18 bits per heavy atom. The number of imide groups is 1. The van der Waals surface area contributed by atoms with E-state index in [0.717, 1.165) is 27.1 Å². The minimum atomic E-state index is -0.974. The van der Waals surface area contributed by atoms with Crippen LogP contribution in [0, 0.1) is 0 Å². The molecule has 1 saturated heterocycles. The number of hydrogen-bond donors (Lipinski definition) is 2. The molecule has 1 aromatic heterocycles. The van der Waals surface area contributed by atoms with Gasteiger partial charge in [-0.2, -0.15) is 0 Å². The number of hydrogen-bond acceptors (Lipinski definition) is 5. The molecule has 110 valence electrons. The number of carbonyl (C=O) groups is 3. The van der Waals surface area contributed by atoms with E-state index in [-0.39, 0.29) is 10.8 Å². The third-order valence-corrected chi connectivity index (χ3v) is 4.83. The van der Waals surface area contributed by atoms with Gasteiger partial charge in [-0.25, -0.2) is 4.79 Å². The van der Waals surface area contributed by atoms with E-state index in [0.29, 0.717) is 4.91 Å². The number of benzene rings is 1. The Kier molecular flexibility index (Phi) is 3.82. The summed E-state index contributed by atoms with van der Waals surface area (Å²) < 4.78 is 0. The van der Waals surface area contributed by atoms with Crippen molar-refractivity contribution in [3.63, 3.8) is 0 Å². The van der Waals surface area contributed by atoms with Gasteiger partial charge < -0.3 is 5.11 Å². The van der Waals surface area contributed by atoms with E-state index in [1.807, 2.05) is 18.2 Å². The molecule has 1 aromatic carbocycles. The number of carboxylic acids is 1. The molecule has 3 rings (SSSR count). The van der Waals surface area contributed by atoms with E-state index in [2.05, 4.69) is 5.32 Å². The summed E-state index contributed by atoms with van der Waals surface area (Å²) in [5.74, 6) is -1.36. The van der Waals surface area contributed by atoms with E-state index in [1.54, 1.807) is 18.2 Å². The maximum absolute atomic E-state index is 11.5. The van der Waals surface area contributed by atoms with Gasteiger partial charge in [0.05, 0.1) is 10.5 Å². The first-order chi connectivity index (χ1) is 10.5. The van der Waals surface area contributed by atoms with Crippen LogP contribution in [-0.4, -0.2) is 22.2 Å². The van der Waals surface area contributed by atoms with Gasteiger partial charge in [0.15, 0.2) is 0 Å². The SMILES string of the molecule is O=C1NC(=O)/C(=C\c2ccc(-c3cccc(C(=O)O)c3)s2)S1. The quantitative estimate of drug-likeness (QED) is 0.842. The minimum absolute atomic E-state index is 0.224. The fourth-order valence-corrected chi connectivity index (χ4v) is 3.64. The number of amides is 2. The summed E-state index contributed by atoms with van der Waals surface area (Å²) in [6, 6.07) is 10.3. The summed E-state index contributed by atoms with van der Waals surface area (Å²) in [6.07, 6.45) is 1.65. The fourth-order valence-electron chi connectivity index (χ4n) is 1.94. The molecule has 1 aliphatic rings. The monoisotopic (exact) mass is 331 g/mol. The molecule has 2 N–H and O–H groups in total. The molecule has 1 fully saturated rings. The zero-order valence-corrected chi connectivity index (χ0v) is 12.7. The molecule has 0 unspecified atom stereocenters. The van der Waals surface area contributed by atoms with Crippen LogP contribution in [0.1, 0.15) is 15.2 Å². The Morgan fingerprint density at radius 2 is 2.00 bits per heavy atom. The zero-order chi connectivity index (χ0) is 15.7. The molecule has 0 aliphatic carbocycles. The first-order valence-electron chi connectivity index (χ1n) is 6.21. The van der Waals surface area contributed by atoms with Crippen LogP contribution in [0.3, 0.4) is 0 Å². The van der Waals surface area contributed by atoms with Crippen molar-refractivity contribution < 1.29 is 19.5 Å². The molecule has 0 spiro atoms. The summed E-state index contributed by atoms with van der Waals surface area (Å²) in [4.78, 5) is 35.7. The Morgan fingerprint density at radius 3 is 2.68 bits per heavy atom. The molecular weight excluding hydrogens is 322 g/mol. The van der Waals surface area contributed by atoms with Gasteiger partial charge in [0, 0.05) is 9.75 Å². The van der Waals surface area contributed by atoms with Crippen molar-refractivity contribution in [1.82, 2.24) is 5.32 Å². The highest BCUT2D eigenvalue weighted by Crippen LogP contribution is 2.32. The van der Waals surface area contributed by atoms with Crippen LogP contribution in [0.2, 0.25) is 0 Å². The number of carboxylic acid groups (broad SMARTS) is 1. The second-order valence-corrected chi connectivity index (χ2v) is 6.57. The molecule has 2 amide bonds. The van der Waals surface area contributed by atoms with Crippen LogP contribution in [0.15, 0.2) is 41.3 Å². The van der Waals surface area contributed by atoms with Crippen LogP contribution >= 0.6 is 23.1 Å². The number of carbonyl (C=O) groups excluding carboxylic acids is 2. The Hall–Kier alpha value is -2.38. The van der Waals surface area contributed by atoms with Gasteiger partial charge in [-0.05, 0) is 47.7 Å². The van der Waals surface area contributed by atoms with Crippen LogP contribution < -0.4 is 5.32 Å². The number of aromatic carboxylic acids is 1. The predicted octanol–water partition coefficient (Wildman–Crippen LogP) is 3.44. The highest BCUT2D eigenvalue weighted by atomic mass is 32.2. The summed E-state index contributed by atoms with van der Waals surface area (Å²) in [6.45, 7) is 0. The molecule has 0 bridgehead atoms. The van der Waals surface area contributed by atoms with E-state index >= 15 is 0 Å². The lowest BCUT2D eigenvalue weighted by Crippen LogP contribution is -2.17. The first kappa shape index (κ1) is 14.6. The molecule has 2 heterocycles. The summed E-state index contributed by atoms with van der Waals surface area (Å²) in [7, 11) is 0. The fraction of sp³-hybridized carbons (Fsp3) is 0. The third-order valence-electron chi connectivity index (χ3n) is 2.94. The third kappa shape index (κ3) is 2.95. The van der Waals surface area contributed by atoms with Gasteiger partial charge >= 0.3 is 5.97 Å². The summed E-state index contributed by atoms with van der Waals surface area (Å²) in [5.41, 5.74) is 1.02. The standard InChI is InChI=1S/C15H9NO4S2/c17-13-12(22-15(20)16-13)7-10-4-5-11(21-10)8-2-1-3-9(6-8)14(18)19/h1-7H,(H,18,19)(H,16,17,20)/b12-7+. The van der Waals surface area contributed by atoms with Crippen molar-refractivity contribution in [2.75, 3.05) is 0 Å². The molecule has 0 saturated carbocycles. The normalized spacial score (nSPS) is 16.1. The maximum Gasteiger partial charge on any atom is 0.335 e. The highest BCUT2D eigenvalue weighted by molar-refractivity contribution is 8.18. The zero-order valence-electron chi connectivity index (χ0n) is 11.0. The number of thioether (sulfide) groups is 1. The molecule has 1 aliphatic heterocycles. The van der Waals surface area contributed by atoms with Crippen molar-refractivity contribution in [1.29, 1.82) is 0 Å². The van der Waals surface area contributed by atoms with Crippen LogP contribution in [-0.2, 0) is 4.79 Å².